The molecule has 1 aliphatic heterocycles. The average molecular weight is 244 g/mol. The van der Waals surface area contributed by atoms with E-state index in [4.69, 9.17) is 9.47 Å². The van der Waals surface area contributed by atoms with Crippen molar-refractivity contribution in [2.75, 3.05) is 40.0 Å². The maximum atomic E-state index is 11.4. The fourth-order valence-corrected chi connectivity index (χ4v) is 1.94. The zero-order chi connectivity index (χ0) is 12.5. The minimum Gasteiger partial charge on any atom is -0.383 e. The Hall–Kier alpha value is -0.650. The number of carbonyl (C=O) groups is 1. The van der Waals surface area contributed by atoms with Gasteiger partial charge in [-0.05, 0) is 12.3 Å². The van der Waals surface area contributed by atoms with Gasteiger partial charge in [-0.1, -0.05) is 6.92 Å². The number of hydrogen-bond acceptors (Lipinski definition) is 4. The summed E-state index contributed by atoms with van der Waals surface area (Å²) < 4.78 is 10.2. The lowest BCUT2D eigenvalue weighted by Gasteiger charge is -2.29. The van der Waals surface area contributed by atoms with Gasteiger partial charge in [0, 0.05) is 39.3 Å². The van der Waals surface area contributed by atoms with E-state index < -0.39 is 0 Å². The SMILES string of the molecule is COCCNC(=O)CCNC1CCOCC1C. The molecule has 0 aliphatic carbocycles. The van der Waals surface area contributed by atoms with Crippen molar-refractivity contribution in [3.8, 4) is 0 Å². The fraction of sp³-hybridized carbons (Fsp3) is 0.917. The molecule has 1 heterocycles. The van der Waals surface area contributed by atoms with E-state index in [2.05, 4.69) is 17.6 Å². The standard InChI is InChI=1S/C12H24N2O3/c1-10-9-17-7-4-11(10)13-5-3-12(15)14-6-8-16-2/h10-11,13H,3-9H2,1-2H3,(H,14,15). The molecule has 0 radical (unpaired) electrons. The predicted molar refractivity (Wildman–Crippen MR) is 65.9 cm³/mol. The van der Waals surface area contributed by atoms with Crippen LogP contribution in [0.1, 0.15) is 19.8 Å². The first-order valence-corrected chi connectivity index (χ1v) is 6.30. The molecule has 1 amide bonds. The van der Waals surface area contributed by atoms with Crippen molar-refractivity contribution in [3.63, 3.8) is 0 Å². The second-order valence-electron chi connectivity index (χ2n) is 4.49. The lowest BCUT2D eigenvalue weighted by molar-refractivity contribution is -0.121. The Labute approximate surface area is 103 Å². The molecule has 0 aromatic heterocycles. The summed E-state index contributed by atoms with van der Waals surface area (Å²) >= 11 is 0. The first kappa shape index (κ1) is 14.4. The molecular formula is C12H24N2O3. The van der Waals surface area contributed by atoms with Crippen molar-refractivity contribution in [1.82, 2.24) is 10.6 Å². The summed E-state index contributed by atoms with van der Waals surface area (Å²) in [6.45, 7) is 5.70. The molecule has 2 unspecified atom stereocenters. The smallest absolute Gasteiger partial charge is 0.221 e. The lowest BCUT2D eigenvalue weighted by Crippen LogP contribution is -2.42. The molecule has 100 valence electrons. The zero-order valence-corrected chi connectivity index (χ0v) is 10.8. The maximum Gasteiger partial charge on any atom is 0.221 e. The van der Waals surface area contributed by atoms with E-state index in [0.29, 0.717) is 31.5 Å². The summed E-state index contributed by atoms with van der Waals surface area (Å²) in [4.78, 5) is 11.4. The first-order chi connectivity index (χ1) is 8.24. The number of ether oxygens (including phenoxy) is 2. The van der Waals surface area contributed by atoms with Crippen molar-refractivity contribution in [1.29, 1.82) is 0 Å². The van der Waals surface area contributed by atoms with Crippen molar-refractivity contribution in [3.05, 3.63) is 0 Å². The van der Waals surface area contributed by atoms with E-state index in [1.54, 1.807) is 7.11 Å². The van der Waals surface area contributed by atoms with Crippen LogP contribution in [0.2, 0.25) is 0 Å². The highest BCUT2D eigenvalue weighted by atomic mass is 16.5. The van der Waals surface area contributed by atoms with Crippen LogP contribution in [0.5, 0.6) is 0 Å². The molecule has 0 aromatic carbocycles. The van der Waals surface area contributed by atoms with E-state index >= 15 is 0 Å². The topological polar surface area (TPSA) is 59.6 Å². The molecule has 5 nitrogen and oxygen atoms in total. The second kappa shape index (κ2) is 8.44. The highest BCUT2D eigenvalue weighted by molar-refractivity contribution is 5.76. The number of rotatable bonds is 7. The summed E-state index contributed by atoms with van der Waals surface area (Å²) in [7, 11) is 1.63. The maximum absolute atomic E-state index is 11.4. The Morgan fingerprint density at radius 3 is 3.00 bits per heavy atom. The first-order valence-electron chi connectivity index (χ1n) is 6.30. The molecule has 5 heteroatoms. The molecule has 0 aromatic rings. The highest BCUT2D eigenvalue weighted by Gasteiger charge is 2.20. The van der Waals surface area contributed by atoms with Gasteiger partial charge in [0.2, 0.25) is 5.91 Å². The molecule has 1 saturated heterocycles. The van der Waals surface area contributed by atoms with Crippen molar-refractivity contribution < 1.29 is 14.3 Å². The molecule has 1 rings (SSSR count). The number of hydrogen-bond donors (Lipinski definition) is 2. The van der Waals surface area contributed by atoms with Crippen LogP contribution in [-0.4, -0.2) is 52.0 Å². The van der Waals surface area contributed by atoms with Gasteiger partial charge in [-0.3, -0.25) is 4.79 Å². The van der Waals surface area contributed by atoms with Gasteiger partial charge in [-0.2, -0.15) is 0 Å². The Morgan fingerprint density at radius 2 is 2.29 bits per heavy atom. The molecule has 0 bridgehead atoms. The fourth-order valence-electron chi connectivity index (χ4n) is 1.94. The van der Waals surface area contributed by atoms with Crippen LogP contribution < -0.4 is 10.6 Å². The number of carbonyl (C=O) groups excluding carboxylic acids is 1. The second-order valence-corrected chi connectivity index (χ2v) is 4.49. The summed E-state index contributed by atoms with van der Waals surface area (Å²) in [6.07, 6.45) is 1.56. The van der Waals surface area contributed by atoms with Crippen LogP contribution in [-0.2, 0) is 14.3 Å². The molecule has 0 saturated carbocycles. The Balaban J connectivity index is 2.04. The van der Waals surface area contributed by atoms with Gasteiger partial charge < -0.3 is 20.1 Å². The minimum atomic E-state index is 0.0780. The van der Waals surface area contributed by atoms with E-state index in [-0.39, 0.29) is 5.91 Å². The summed E-state index contributed by atoms with van der Waals surface area (Å²) in [5.41, 5.74) is 0. The largest absolute Gasteiger partial charge is 0.383 e. The van der Waals surface area contributed by atoms with E-state index in [1.807, 2.05) is 0 Å². The monoisotopic (exact) mass is 244 g/mol. The number of nitrogens with one attached hydrogen (secondary N) is 2. The molecule has 2 N–H and O–H groups in total. The molecule has 2 atom stereocenters. The van der Waals surface area contributed by atoms with Crippen LogP contribution in [0.25, 0.3) is 0 Å². The average Bonchev–Trinajstić information content (AvgIpc) is 2.32. The van der Waals surface area contributed by atoms with E-state index in [1.165, 1.54) is 0 Å². The van der Waals surface area contributed by atoms with Gasteiger partial charge in [0.1, 0.15) is 0 Å². The lowest BCUT2D eigenvalue weighted by atomic mass is 9.98. The summed E-state index contributed by atoms with van der Waals surface area (Å²) in [5, 5.41) is 6.22. The van der Waals surface area contributed by atoms with Crippen LogP contribution in [0.15, 0.2) is 0 Å². The summed E-state index contributed by atoms with van der Waals surface area (Å²) in [6, 6.07) is 0.482. The third kappa shape index (κ3) is 6.00. The minimum absolute atomic E-state index is 0.0780. The van der Waals surface area contributed by atoms with E-state index in [0.717, 1.165) is 26.2 Å². The van der Waals surface area contributed by atoms with Gasteiger partial charge in [0.15, 0.2) is 0 Å². The Morgan fingerprint density at radius 1 is 1.47 bits per heavy atom. The zero-order valence-electron chi connectivity index (χ0n) is 10.8. The van der Waals surface area contributed by atoms with Crippen LogP contribution >= 0.6 is 0 Å². The summed E-state index contributed by atoms with van der Waals surface area (Å²) in [5.74, 6) is 0.606. The third-order valence-electron chi connectivity index (χ3n) is 3.03. The van der Waals surface area contributed by atoms with Crippen molar-refractivity contribution in [2.45, 2.75) is 25.8 Å². The quantitative estimate of drug-likeness (QED) is 0.626. The number of methoxy groups -OCH3 is 1. The van der Waals surface area contributed by atoms with Crippen molar-refractivity contribution >= 4 is 5.91 Å². The van der Waals surface area contributed by atoms with Gasteiger partial charge in [-0.15, -0.1) is 0 Å². The van der Waals surface area contributed by atoms with Crippen LogP contribution in [0.3, 0.4) is 0 Å². The van der Waals surface area contributed by atoms with Gasteiger partial charge in [0.05, 0.1) is 13.2 Å². The molecule has 1 aliphatic rings. The van der Waals surface area contributed by atoms with E-state index in [9.17, 15) is 4.79 Å². The molecule has 1 fully saturated rings. The van der Waals surface area contributed by atoms with Crippen LogP contribution in [0, 0.1) is 5.92 Å². The normalized spacial score (nSPS) is 24.6. The third-order valence-corrected chi connectivity index (χ3v) is 3.03. The number of amides is 1. The van der Waals surface area contributed by atoms with Gasteiger partial charge >= 0.3 is 0 Å². The molecule has 17 heavy (non-hydrogen) atoms. The molecular weight excluding hydrogens is 220 g/mol. The van der Waals surface area contributed by atoms with Crippen LogP contribution in [0.4, 0.5) is 0 Å². The van der Waals surface area contributed by atoms with Gasteiger partial charge in [-0.25, -0.2) is 0 Å². The van der Waals surface area contributed by atoms with Crippen molar-refractivity contribution in [2.24, 2.45) is 5.92 Å². The highest BCUT2D eigenvalue weighted by Crippen LogP contribution is 2.13. The Bertz CT molecular complexity index is 224. The predicted octanol–water partition coefficient (Wildman–Crippen LogP) is 0.154. The molecule has 0 spiro atoms. The Kier molecular flexibility index (Phi) is 7.16. The van der Waals surface area contributed by atoms with Gasteiger partial charge in [0.25, 0.3) is 0 Å².